The van der Waals surface area contributed by atoms with Gasteiger partial charge in [0, 0.05) is 21.4 Å². The molecule has 1 aromatic heterocycles. The lowest BCUT2D eigenvalue weighted by atomic mass is 10.1. The summed E-state index contributed by atoms with van der Waals surface area (Å²) in [6.45, 7) is 0. The summed E-state index contributed by atoms with van der Waals surface area (Å²) in [7, 11) is -3.99. The second kappa shape index (κ2) is 6.34. The van der Waals surface area contributed by atoms with Gasteiger partial charge in [0.25, 0.3) is 15.6 Å². The molecular formula is C16H11BrN2O5S. The van der Waals surface area contributed by atoms with Crippen LogP contribution in [-0.4, -0.2) is 24.5 Å². The van der Waals surface area contributed by atoms with Gasteiger partial charge in [0.15, 0.2) is 0 Å². The highest BCUT2D eigenvalue weighted by Gasteiger charge is 2.20. The molecule has 0 aliphatic heterocycles. The largest absolute Gasteiger partial charge is 0.478 e. The van der Waals surface area contributed by atoms with E-state index in [-0.39, 0.29) is 26.2 Å². The van der Waals surface area contributed by atoms with Crippen molar-refractivity contribution in [1.29, 1.82) is 0 Å². The molecule has 0 saturated carbocycles. The zero-order chi connectivity index (χ0) is 18.2. The number of anilines is 1. The van der Waals surface area contributed by atoms with Crippen LogP contribution < -0.4 is 10.3 Å². The number of halogens is 1. The SMILES string of the molecule is O=C(O)c1ccc(S(=O)(=O)Nc2cccc3c(=O)[nH]ccc23)c(Br)c1. The molecule has 0 saturated heterocycles. The van der Waals surface area contributed by atoms with Gasteiger partial charge in [-0.3, -0.25) is 9.52 Å². The first-order chi connectivity index (χ1) is 11.8. The van der Waals surface area contributed by atoms with E-state index < -0.39 is 16.0 Å². The molecule has 0 fully saturated rings. The second-order valence-electron chi connectivity index (χ2n) is 5.13. The molecule has 25 heavy (non-hydrogen) atoms. The minimum Gasteiger partial charge on any atom is -0.478 e. The van der Waals surface area contributed by atoms with Crippen LogP contribution in [0.15, 0.2) is 62.8 Å². The predicted octanol–water partition coefficient (Wildman–Crippen LogP) is 2.79. The number of aromatic amines is 1. The van der Waals surface area contributed by atoms with Crippen molar-refractivity contribution in [3.63, 3.8) is 0 Å². The van der Waals surface area contributed by atoms with Gasteiger partial charge in [0.2, 0.25) is 0 Å². The van der Waals surface area contributed by atoms with Gasteiger partial charge in [-0.2, -0.15) is 0 Å². The Hall–Kier alpha value is -2.65. The Kier molecular flexibility index (Phi) is 4.36. The van der Waals surface area contributed by atoms with Crippen LogP contribution in [0.1, 0.15) is 10.4 Å². The number of hydrogen-bond acceptors (Lipinski definition) is 4. The number of pyridine rings is 1. The van der Waals surface area contributed by atoms with Crippen molar-refractivity contribution in [1.82, 2.24) is 4.98 Å². The highest BCUT2D eigenvalue weighted by atomic mass is 79.9. The monoisotopic (exact) mass is 422 g/mol. The molecule has 0 amide bonds. The van der Waals surface area contributed by atoms with Gasteiger partial charge >= 0.3 is 5.97 Å². The van der Waals surface area contributed by atoms with E-state index in [1.54, 1.807) is 24.3 Å². The van der Waals surface area contributed by atoms with Crippen LogP contribution in [-0.2, 0) is 10.0 Å². The number of aromatic carboxylic acids is 1. The molecule has 128 valence electrons. The van der Waals surface area contributed by atoms with E-state index in [1.165, 1.54) is 24.4 Å². The van der Waals surface area contributed by atoms with E-state index in [9.17, 15) is 18.0 Å². The van der Waals surface area contributed by atoms with Crippen molar-refractivity contribution in [2.75, 3.05) is 4.72 Å². The van der Waals surface area contributed by atoms with Crippen molar-refractivity contribution in [3.8, 4) is 0 Å². The first-order valence-electron chi connectivity index (χ1n) is 6.96. The van der Waals surface area contributed by atoms with Gasteiger partial charge in [-0.05, 0) is 52.3 Å². The number of nitrogens with one attached hydrogen (secondary N) is 2. The summed E-state index contributed by atoms with van der Waals surface area (Å²) in [5.41, 5.74) is -0.120. The van der Waals surface area contributed by atoms with Crippen molar-refractivity contribution in [2.45, 2.75) is 4.90 Å². The predicted molar refractivity (Wildman–Crippen MR) is 96.5 cm³/mol. The number of fused-ring (bicyclic) bond motifs is 1. The maximum Gasteiger partial charge on any atom is 0.335 e. The van der Waals surface area contributed by atoms with Gasteiger partial charge < -0.3 is 10.1 Å². The molecule has 0 spiro atoms. The van der Waals surface area contributed by atoms with Crippen molar-refractivity contribution in [3.05, 3.63) is 69.1 Å². The lowest BCUT2D eigenvalue weighted by molar-refractivity contribution is 0.0696. The Morgan fingerprint density at radius 1 is 1.12 bits per heavy atom. The molecule has 0 atom stereocenters. The van der Waals surface area contributed by atoms with E-state index in [4.69, 9.17) is 5.11 Å². The summed E-state index contributed by atoms with van der Waals surface area (Å²) in [5, 5.41) is 9.77. The van der Waals surface area contributed by atoms with Crippen LogP contribution in [0, 0.1) is 0 Å². The second-order valence-corrected chi connectivity index (χ2v) is 7.63. The molecule has 2 aromatic carbocycles. The molecule has 3 N–H and O–H groups in total. The van der Waals surface area contributed by atoms with Crippen molar-refractivity contribution >= 4 is 48.4 Å². The average Bonchev–Trinajstić information content (AvgIpc) is 2.55. The maximum absolute atomic E-state index is 12.7. The molecule has 0 aliphatic carbocycles. The molecule has 1 heterocycles. The van der Waals surface area contributed by atoms with E-state index in [0.29, 0.717) is 10.8 Å². The highest BCUT2D eigenvalue weighted by molar-refractivity contribution is 9.10. The number of sulfonamides is 1. The normalized spacial score (nSPS) is 11.4. The number of rotatable bonds is 4. The van der Waals surface area contributed by atoms with Gasteiger partial charge in [-0.15, -0.1) is 0 Å². The summed E-state index contributed by atoms with van der Waals surface area (Å²) in [6.07, 6.45) is 1.43. The molecule has 3 aromatic rings. The fourth-order valence-corrected chi connectivity index (χ4v) is 4.52. The fraction of sp³-hybridized carbons (Fsp3) is 0. The quantitative estimate of drug-likeness (QED) is 0.597. The number of aromatic nitrogens is 1. The third-order valence-electron chi connectivity index (χ3n) is 3.53. The van der Waals surface area contributed by atoms with Gasteiger partial charge in [-0.25, -0.2) is 13.2 Å². The van der Waals surface area contributed by atoms with Crippen LogP contribution >= 0.6 is 15.9 Å². The van der Waals surface area contributed by atoms with E-state index in [0.717, 1.165) is 0 Å². The molecular weight excluding hydrogens is 412 g/mol. The first kappa shape index (κ1) is 17.2. The lowest BCUT2D eigenvalue weighted by Crippen LogP contribution is -2.15. The van der Waals surface area contributed by atoms with E-state index in [1.807, 2.05) is 0 Å². The van der Waals surface area contributed by atoms with E-state index >= 15 is 0 Å². The Morgan fingerprint density at radius 3 is 2.56 bits per heavy atom. The van der Waals surface area contributed by atoms with E-state index in [2.05, 4.69) is 25.6 Å². The Bertz CT molecular complexity index is 1150. The van der Waals surface area contributed by atoms with Crippen LogP contribution in [0.4, 0.5) is 5.69 Å². The smallest absolute Gasteiger partial charge is 0.335 e. The number of benzene rings is 2. The number of carboxylic acids is 1. The van der Waals surface area contributed by atoms with Crippen molar-refractivity contribution < 1.29 is 18.3 Å². The fourth-order valence-electron chi connectivity index (χ4n) is 2.36. The minimum atomic E-state index is -3.99. The number of hydrogen-bond donors (Lipinski definition) is 3. The molecule has 0 bridgehead atoms. The van der Waals surface area contributed by atoms with Crippen LogP contribution in [0.5, 0.6) is 0 Å². The van der Waals surface area contributed by atoms with Crippen LogP contribution in [0.3, 0.4) is 0 Å². The van der Waals surface area contributed by atoms with Gasteiger partial charge in [0.05, 0.1) is 11.3 Å². The molecule has 3 rings (SSSR count). The third kappa shape index (κ3) is 3.28. The summed E-state index contributed by atoms with van der Waals surface area (Å²) in [5.74, 6) is -1.16. The molecule has 0 unspecified atom stereocenters. The Balaban J connectivity index is 2.08. The molecule has 0 radical (unpaired) electrons. The maximum atomic E-state index is 12.7. The minimum absolute atomic E-state index is 0.0393. The number of H-pyrrole nitrogens is 1. The lowest BCUT2D eigenvalue weighted by Gasteiger charge is -2.12. The van der Waals surface area contributed by atoms with Gasteiger partial charge in [-0.1, -0.05) is 6.07 Å². The van der Waals surface area contributed by atoms with Gasteiger partial charge in [0.1, 0.15) is 4.90 Å². The zero-order valence-electron chi connectivity index (χ0n) is 12.5. The zero-order valence-corrected chi connectivity index (χ0v) is 14.9. The molecule has 0 aliphatic rings. The summed E-state index contributed by atoms with van der Waals surface area (Å²) in [6, 6.07) is 9.91. The molecule has 7 nitrogen and oxygen atoms in total. The highest BCUT2D eigenvalue weighted by Crippen LogP contribution is 2.28. The summed E-state index contributed by atoms with van der Waals surface area (Å²) in [4.78, 5) is 25.2. The third-order valence-corrected chi connectivity index (χ3v) is 5.87. The Morgan fingerprint density at radius 2 is 1.88 bits per heavy atom. The average molecular weight is 423 g/mol. The first-order valence-corrected chi connectivity index (χ1v) is 9.23. The summed E-state index contributed by atoms with van der Waals surface area (Å²) >= 11 is 3.09. The topological polar surface area (TPSA) is 116 Å². The Labute approximate surface area is 150 Å². The number of carboxylic acid groups (broad SMARTS) is 1. The molecule has 9 heteroatoms. The van der Waals surface area contributed by atoms with Crippen molar-refractivity contribution in [2.24, 2.45) is 0 Å². The van der Waals surface area contributed by atoms with Crippen LogP contribution in [0.2, 0.25) is 0 Å². The van der Waals surface area contributed by atoms with Crippen LogP contribution in [0.25, 0.3) is 10.8 Å². The number of carbonyl (C=O) groups is 1. The standard InChI is InChI=1S/C16H11BrN2O5S/c17-12-8-9(16(21)22)4-5-14(12)25(23,24)19-13-3-1-2-11-10(13)6-7-18-15(11)20/h1-8,19H,(H,18,20)(H,21,22). The summed E-state index contributed by atoms with van der Waals surface area (Å²) < 4.78 is 27.9.